The number of hydrogen-bond donors (Lipinski definition) is 2. The molecule has 0 aliphatic carbocycles. The Morgan fingerprint density at radius 3 is 2.47 bits per heavy atom. The molecule has 4 rings (SSSR count). The van der Waals surface area contributed by atoms with Crippen molar-refractivity contribution < 1.29 is 4.39 Å². The quantitative estimate of drug-likeness (QED) is 0.418. The Morgan fingerprint density at radius 2 is 1.72 bits per heavy atom. The van der Waals surface area contributed by atoms with Crippen molar-refractivity contribution in [3.05, 3.63) is 65.0 Å². The molecule has 2 aromatic carbocycles. The number of anilines is 4. The van der Waals surface area contributed by atoms with Crippen molar-refractivity contribution in [2.75, 3.05) is 28.7 Å². The van der Waals surface area contributed by atoms with E-state index in [0.29, 0.717) is 23.8 Å². The van der Waals surface area contributed by atoms with Crippen LogP contribution in [0.25, 0.3) is 0 Å². The number of rotatable bonds is 6. The summed E-state index contributed by atoms with van der Waals surface area (Å²) < 4.78 is 13.1. The van der Waals surface area contributed by atoms with Crippen LogP contribution in [-0.4, -0.2) is 34.3 Å². The molecule has 1 saturated heterocycles. The summed E-state index contributed by atoms with van der Waals surface area (Å²) in [6, 6.07) is 12.2. The van der Waals surface area contributed by atoms with E-state index in [0.717, 1.165) is 42.7 Å². The SMILES string of the molecule is Cc1cccc(Nc2nc(N/N=C\c3ccc(F)cc3)nc(N3CCC(C)CC3)n2)c1C. The van der Waals surface area contributed by atoms with Gasteiger partial charge in [0.2, 0.25) is 17.8 Å². The molecule has 1 aromatic heterocycles. The van der Waals surface area contributed by atoms with Gasteiger partial charge >= 0.3 is 0 Å². The first-order chi connectivity index (χ1) is 15.5. The molecule has 3 aromatic rings. The lowest BCUT2D eigenvalue weighted by atomic mass is 10.00. The summed E-state index contributed by atoms with van der Waals surface area (Å²) in [6.45, 7) is 8.23. The van der Waals surface area contributed by atoms with Crippen LogP contribution in [-0.2, 0) is 0 Å². The number of piperidine rings is 1. The molecule has 1 aliphatic heterocycles. The van der Waals surface area contributed by atoms with Crippen LogP contribution >= 0.6 is 0 Å². The highest BCUT2D eigenvalue weighted by Gasteiger charge is 2.20. The monoisotopic (exact) mass is 433 g/mol. The number of hydrogen-bond acceptors (Lipinski definition) is 7. The van der Waals surface area contributed by atoms with E-state index in [1.807, 2.05) is 12.1 Å². The molecule has 7 nitrogen and oxygen atoms in total. The number of halogens is 1. The first-order valence-corrected chi connectivity index (χ1v) is 10.9. The summed E-state index contributed by atoms with van der Waals surface area (Å²) in [5.41, 5.74) is 6.95. The molecular weight excluding hydrogens is 405 g/mol. The van der Waals surface area contributed by atoms with Crippen LogP contribution < -0.4 is 15.6 Å². The second-order valence-corrected chi connectivity index (χ2v) is 8.25. The molecule has 0 amide bonds. The first kappa shape index (κ1) is 21.7. The first-order valence-electron chi connectivity index (χ1n) is 10.9. The number of aromatic nitrogens is 3. The van der Waals surface area contributed by atoms with Gasteiger partial charge in [0.1, 0.15) is 5.82 Å². The molecule has 1 fully saturated rings. The zero-order valence-electron chi connectivity index (χ0n) is 18.6. The Balaban J connectivity index is 1.59. The van der Waals surface area contributed by atoms with Gasteiger partial charge in [0, 0.05) is 18.8 Å². The highest BCUT2D eigenvalue weighted by molar-refractivity contribution is 5.79. The second-order valence-electron chi connectivity index (χ2n) is 8.25. The largest absolute Gasteiger partial charge is 0.341 e. The van der Waals surface area contributed by atoms with Gasteiger partial charge in [-0.2, -0.15) is 20.1 Å². The Hall–Kier alpha value is -3.55. The van der Waals surface area contributed by atoms with Crippen molar-refractivity contribution in [2.24, 2.45) is 11.0 Å². The minimum Gasteiger partial charge on any atom is -0.341 e. The third kappa shape index (κ3) is 5.38. The number of benzene rings is 2. The van der Waals surface area contributed by atoms with E-state index in [4.69, 9.17) is 0 Å². The predicted octanol–water partition coefficient (Wildman–Crippen LogP) is 5.05. The smallest absolute Gasteiger partial charge is 0.250 e. The summed E-state index contributed by atoms with van der Waals surface area (Å²) in [5, 5.41) is 7.56. The summed E-state index contributed by atoms with van der Waals surface area (Å²) in [4.78, 5) is 16.0. The maximum Gasteiger partial charge on any atom is 0.250 e. The standard InChI is InChI=1S/C24H28FN7/c1-16-11-13-32(14-12-16)24-29-22(27-21-6-4-5-17(2)18(21)3)28-23(30-24)31-26-15-19-7-9-20(25)10-8-19/h4-10,15-16H,11-14H2,1-3H3,(H2,27,28,29,30,31)/b26-15-. The molecule has 2 N–H and O–H groups in total. The maximum atomic E-state index is 13.1. The Labute approximate surface area is 187 Å². The van der Waals surface area contributed by atoms with Gasteiger partial charge in [0.05, 0.1) is 6.21 Å². The molecule has 166 valence electrons. The minimum atomic E-state index is -0.282. The summed E-state index contributed by atoms with van der Waals surface area (Å²) in [6.07, 6.45) is 3.82. The zero-order chi connectivity index (χ0) is 22.5. The fourth-order valence-electron chi connectivity index (χ4n) is 3.54. The van der Waals surface area contributed by atoms with E-state index in [1.54, 1.807) is 18.3 Å². The van der Waals surface area contributed by atoms with Gasteiger partial charge in [-0.1, -0.05) is 31.2 Å². The van der Waals surface area contributed by atoms with Crippen LogP contribution in [0.1, 0.15) is 36.5 Å². The Kier molecular flexibility index (Phi) is 6.58. The van der Waals surface area contributed by atoms with Gasteiger partial charge in [0.25, 0.3) is 0 Å². The summed E-state index contributed by atoms with van der Waals surface area (Å²) >= 11 is 0. The van der Waals surface area contributed by atoms with Crippen molar-refractivity contribution in [1.82, 2.24) is 15.0 Å². The van der Waals surface area contributed by atoms with Crippen molar-refractivity contribution in [3.8, 4) is 0 Å². The lowest BCUT2D eigenvalue weighted by Crippen LogP contribution is -2.34. The molecule has 0 saturated carbocycles. The molecular formula is C24H28FN7. The molecule has 1 aliphatic rings. The van der Waals surface area contributed by atoms with Crippen LogP contribution in [0.2, 0.25) is 0 Å². The fraction of sp³-hybridized carbons (Fsp3) is 0.333. The number of nitrogens with zero attached hydrogens (tertiary/aromatic N) is 5. The van der Waals surface area contributed by atoms with Crippen molar-refractivity contribution in [2.45, 2.75) is 33.6 Å². The van der Waals surface area contributed by atoms with Crippen LogP contribution in [0.4, 0.5) is 27.9 Å². The third-order valence-electron chi connectivity index (χ3n) is 5.79. The Morgan fingerprint density at radius 1 is 1.00 bits per heavy atom. The van der Waals surface area contributed by atoms with E-state index in [9.17, 15) is 4.39 Å². The number of aryl methyl sites for hydroxylation is 1. The third-order valence-corrected chi connectivity index (χ3v) is 5.79. The molecule has 8 heteroatoms. The van der Waals surface area contributed by atoms with Crippen LogP contribution in [0, 0.1) is 25.6 Å². The topological polar surface area (TPSA) is 78.3 Å². The highest BCUT2D eigenvalue weighted by Crippen LogP contribution is 2.25. The zero-order valence-corrected chi connectivity index (χ0v) is 18.6. The second kappa shape index (κ2) is 9.72. The van der Waals surface area contributed by atoms with E-state index >= 15 is 0 Å². The van der Waals surface area contributed by atoms with Gasteiger partial charge in [-0.25, -0.2) is 9.82 Å². The van der Waals surface area contributed by atoms with E-state index in [-0.39, 0.29) is 5.82 Å². The number of nitrogens with one attached hydrogen (secondary N) is 2. The highest BCUT2D eigenvalue weighted by atomic mass is 19.1. The summed E-state index contributed by atoms with van der Waals surface area (Å²) in [7, 11) is 0. The van der Waals surface area contributed by atoms with Gasteiger partial charge in [-0.15, -0.1) is 0 Å². The lowest BCUT2D eigenvalue weighted by Gasteiger charge is -2.30. The number of hydrazone groups is 1. The van der Waals surface area contributed by atoms with Gasteiger partial charge < -0.3 is 10.2 Å². The molecule has 0 radical (unpaired) electrons. The normalized spacial score (nSPS) is 14.7. The average molecular weight is 434 g/mol. The van der Waals surface area contributed by atoms with Crippen molar-refractivity contribution in [1.29, 1.82) is 0 Å². The molecule has 0 bridgehead atoms. The molecule has 0 spiro atoms. The van der Waals surface area contributed by atoms with Crippen molar-refractivity contribution in [3.63, 3.8) is 0 Å². The van der Waals surface area contributed by atoms with E-state index in [1.165, 1.54) is 17.7 Å². The van der Waals surface area contributed by atoms with Crippen molar-refractivity contribution >= 4 is 29.7 Å². The maximum absolute atomic E-state index is 13.1. The minimum absolute atomic E-state index is 0.282. The lowest BCUT2D eigenvalue weighted by molar-refractivity contribution is 0.434. The Bertz CT molecular complexity index is 1090. The predicted molar refractivity (Wildman–Crippen MR) is 127 cm³/mol. The molecule has 32 heavy (non-hydrogen) atoms. The molecule has 0 atom stereocenters. The van der Waals surface area contributed by atoms with Crippen LogP contribution in [0.5, 0.6) is 0 Å². The van der Waals surface area contributed by atoms with E-state index in [2.05, 4.69) is 62.5 Å². The fourth-order valence-corrected chi connectivity index (χ4v) is 3.54. The van der Waals surface area contributed by atoms with Gasteiger partial charge in [-0.05, 0) is 67.5 Å². The molecule has 2 heterocycles. The molecule has 0 unspecified atom stereocenters. The summed E-state index contributed by atoms with van der Waals surface area (Å²) in [5.74, 6) is 1.86. The van der Waals surface area contributed by atoms with Gasteiger partial charge in [0.15, 0.2) is 0 Å². The van der Waals surface area contributed by atoms with Crippen LogP contribution in [0.3, 0.4) is 0 Å². The van der Waals surface area contributed by atoms with Crippen LogP contribution in [0.15, 0.2) is 47.6 Å². The average Bonchev–Trinajstić information content (AvgIpc) is 2.79. The van der Waals surface area contributed by atoms with E-state index < -0.39 is 0 Å². The van der Waals surface area contributed by atoms with Gasteiger partial charge in [-0.3, -0.25) is 0 Å².